The maximum Gasteiger partial charge on any atom is 0.337 e. The van der Waals surface area contributed by atoms with Crippen LogP contribution in [0.5, 0.6) is 0 Å². The lowest BCUT2D eigenvalue weighted by Crippen LogP contribution is -2.35. The van der Waals surface area contributed by atoms with Crippen molar-refractivity contribution in [1.82, 2.24) is 4.72 Å². The Morgan fingerprint density at radius 1 is 1.50 bits per heavy atom. The average Bonchev–Trinajstić information content (AvgIpc) is 2.35. The summed E-state index contributed by atoms with van der Waals surface area (Å²) in [7, 11) is -2.42. The highest BCUT2D eigenvalue weighted by molar-refractivity contribution is 7.89. The van der Waals surface area contributed by atoms with Crippen LogP contribution in [-0.4, -0.2) is 34.1 Å². The number of hydrogen-bond acceptors (Lipinski definition) is 5. The topological polar surface area (TPSA) is 98.5 Å². The zero-order valence-corrected chi connectivity index (χ0v) is 11.0. The summed E-state index contributed by atoms with van der Waals surface area (Å²) in [6, 6.07) is 5.33. The minimum absolute atomic E-state index is 0.00560. The molecule has 0 saturated carbocycles. The molecule has 0 aliphatic carbocycles. The Hall–Kier alpha value is -1.44. The highest BCUT2D eigenvalue weighted by atomic mass is 32.2. The van der Waals surface area contributed by atoms with E-state index in [0.717, 1.165) is 0 Å². The summed E-state index contributed by atoms with van der Waals surface area (Å²) in [5.41, 5.74) is 5.66. The van der Waals surface area contributed by atoms with Crippen molar-refractivity contribution in [2.24, 2.45) is 5.73 Å². The number of benzene rings is 1. The molecule has 0 aliphatic rings. The lowest BCUT2D eigenvalue weighted by atomic mass is 10.2. The van der Waals surface area contributed by atoms with Gasteiger partial charge in [-0.25, -0.2) is 17.9 Å². The minimum atomic E-state index is -3.66. The van der Waals surface area contributed by atoms with Gasteiger partial charge in [-0.1, -0.05) is 6.07 Å². The van der Waals surface area contributed by atoms with Crippen molar-refractivity contribution in [2.75, 3.05) is 13.7 Å². The van der Waals surface area contributed by atoms with Crippen LogP contribution < -0.4 is 10.5 Å². The van der Waals surface area contributed by atoms with Crippen LogP contribution in [0.4, 0.5) is 0 Å². The van der Waals surface area contributed by atoms with E-state index in [4.69, 9.17) is 5.73 Å². The summed E-state index contributed by atoms with van der Waals surface area (Å²) < 4.78 is 30.6. The Kier molecular flexibility index (Phi) is 4.83. The predicted octanol–water partition coefficient (Wildman–Crippen LogP) is 0.0987. The van der Waals surface area contributed by atoms with Gasteiger partial charge in [-0.05, 0) is 25.1 Å². The van der Waals surface area contributed by atoms with Gasteiger partial charge in [-0.3, -0.25) is 0 Å². The monoisotopic (exact) mass is 272 g/mol. The number of esters is 1. The van der Waals surface area contributed by atoms with E-state index in [1.807, 2.05) is 0 Å². The van der Waals surface area contributed by atoms with Crippen molar-refractivity contribution in [1.29, 1.82) is 0 Å². The normalized spacial score (nSPS) is 13.1. The van der Waals surface area contributed by atoms with Crippen LogP contribution in [-0.2, 0) is 14.8 Å². The second-order valence-corrected chi connectivity index (χ2v) is 5.62. The van der Waals surface area contributed by atoms with Crippen molar-refractivity contribution < 1.29 is 17.9 Å². The number of nitrogens with one attached hydrogen (secondary N) is 1. The molecule has 0 spiro atoms. The number of carbonyl (C=O) groups is 1. The first kappa shape index (κ1) is 14.6. The standard InChI is InChI=1S/C11H16N2O4S/c1-8(12)7-13-18(15,16)10-5-3-4-9(6-10)11(14)17-2/h3-6,8,13H,7,12H2,1-2H3. The van der Waals surface area contributed by atoms with Crippen molar-refractivity contribution in [2.45, 2.75) is 17.9 Å². The first-order valence-electron chi connectivity index (χ1n) is 5.30. The Bertz CT molecular complexity index is 526. The number of carbonyl (C=O) groups excluding carboxylic acids is 1. The molecule has 7 heteroatoms. The number of nitrogens with two attached hydrogens (primary N) is 1. The summed E-state index contributed by atoms with van der Waals surface area (Å²) in [5, 5.41) is 0. The maximum absolute atomic E-state index is 11.9. The molecule has 6 nitrogen and oxygen atoms in total. The number of ether oxygens (including phenoxy) is 1. The van der Waals surface area contributed by atoms with E-state index in [2.05, 4.69) is 9.46 Å². The molecule has 0 bridgehead atoms. The third-order valence-electron chi connectivity index (χ3n) is 2.16. The second-order valence-electron chi connectivity index (χ2n) is 3.85. The predicted molar refractivity (Wildman–Crippen MR) is 66.6 cm³/mol. The van der Waals surface area contributed by atoms with Crippen molar-refractivity contribution in [3.05, 3.63) is 29.8 Å². The molecule has 1 atom stereocenters. The van der Waals surface area contributed by atoms with Gasteiger partial charge in [0.15, 0.2) is 0 Å². The van der Waals surface area contributed by atoms with Crippen LogP contribution in [0.25, 0.3) is 0 Å². The first-order chi connectivity index (χ1) is 8.36. The molecule has 1 rings (SSSR count). The molecule has 18 heavy (non-hydrogen) atoms. The number of methoxy groups -OCH3 is 1. The van der Waals surface area contributed by atoms with Gasteiger partial charge in [0.05, 0.1) is 17.6 Å². The fraction of sp³-hybridized carbons (Fsp3) is 0.364. The zero-order valence-electron chi connectivity index (χ0n) is 10.2. The summed E-state index contributed by atoms with van der Waals surface area (Å²) in [4.78, 5) is 11.3. The Morgan fingerprint density at radius 3 is 2.72 bits per heavy atom. The molecule has 0 amide bonds. The quantitative estimate of drug-likeness (QED) is 0.741. The summed E-state index contributed by atoms with van der Waals surface area (Å²) in [5.74, 6) is -0.584. The molecule has 1 aromatic carbocycles. The smallest absolute Gasteiger partial charge is 0.337 e. The molecule has 3 N–H and O–H groups in total. The van der Waals surface area contributed by atoms with Gasteiger partial charge in [0.25, 0.3) is 0 Å². The van der Waals surface area contributed by atoms with E-state index in [1.54, 1.807) is 6.92 Å². The summed E-state index contributed by atoms with van der Waals surface area (Å²) in [6.45, 7) is 1.82. The van der Waals surface area contributed by atoms with E-state index in [-0.39, 0.29) is 23.0 Å². The fourth-order valence-corrected chi connectivity index (χ4v) is 2.42. The molecule has 0 aromatic heterocycles. The molecule has 1 unspecified atom stereocenters. The van der Waals surface area contributed by atoms with Gasteiger partial charge in [-0.15, -0.1) is 0 Å². The number of hydrogen-bond donors (Lipinski definition) is 2. The van der Waals surface area contributed by atoms with Crippen LogP contribution >= 0.6 is 0 Å². The van der Waals surface area contributed by atoms with Gasteiger partial charge in [0.1, 0.15) is 0 Å². The van der Waals surface area contributed by atoms with Crippen LogP contribution in [0, 0.1) is 0 Å². The molecule has 100 valence electrons. The van der Waals surface area contributed by atoms with Crippen molar-refractivity contribution >= 4 is 16.0 Å². The molecule has 0 radical (unpaired) electrons. The fourth-order valence-electron chi connectivity index (χ4n) is 1.23. The zero-order chi connectivity index (χ0) is 13.8. The van der Waals surface area contributed by atoms with Gasteiger partial charge < -0.3 is 10.5 Å². The highest BCUT2D eigenvalue weighted by Gasteiger charge is 2.16. The SMILES string of the molecule is COC(=O)c1cccc(S(=O)(=O)NCC(C)N)c1. The Balaban J connectivity index is 2.99. The van der Waals surface area contributed by atoms with E-state index >= 15 is 0 Å². The largest absolute Gasteiger partial charge is 0.465 e. The third-order valence-corrected chi connectivity index (χ3v) is 3.58. The maximum atomic E-state index is 11.9. The molecule has 1 aromatic rings. The molecule has 0 saturated heterocycles. The van der Waals surface area contributed by atoms with Crippen LogP contribution in [0.3, 0.4) is 0 Å². The van der Waals surface area contributed by atoms with E-state index in [1.165, 1.54) is 31.4 Å². The molecular formula is C11H16N2O4S. The summed E-state index contributed by atoms with van der Waals surface area (Å²) >= 11 is 0. The Morgan fingerprint density at radius 2 is 2.17 bits per heavy atom. The Labute approximate surface area is 106 Å². The third kappa shape index (κ3) is 3.80. The van der Waals surface area contributed by atoms with Gasteiger partial charge >= 0.3 is 5.97 Å². The van der Waals surface area contributed by atoms with Crippen LogP contribution in [0.1, 0.15) is 17.3 Å². The minimum Gasteiger partial charge on any atom is -0.465 e. The van der Waals surface area contributed by atoms with E-state index in [9.17, 15) is 13.2 Å². The molecule has 0 aliphatic heterocycles. The number of sulfonamides is 1. The van der Waals surface area contributed by atoms with E-state index < -0.39 is 16.0 Å². The first-order valence-corrected chi connectivity index (χ1v) is 6.79. The van der Waals surface area contributed by atoms with Crippen LogP contribution in [0.15, 0.2) is 29.2 Å². The second kappa shape index (κ2) is 5.94. The average molecular weight is 272 g/mol. The van der Waals surface area contributed by atoms with E-state index in [0.29, 0.717) is 0 Å². The molecular weight excluding hydrogens is 256 g/mol. The van der Waals surface area contributed by atoms with Crippen molar-refractivity contribution in [3.63, 3.8) is 0 Å². The number of rotatable bonds is 5. The van der Waals surface area contributed by atoms with Gasteiger partial charge in [0.2, 0.25) is 10.0 Å². The summed E-state index contributed by atoms with van der Waals surface area (Å²) in [6.07, 6.45) is 0. The molecule has 0 fully saturated rings. The lowest BCUT2D eigenvalue weighted by molar-refractivity contribution is 0.0600. The lowest BCUT2D eigenvalue weighted by Gasteiger charge is -2.09. The van der Waals surface area contributed by atoms with Crippen LogP contribution in [0.2, 0.25) is 0 Å². The molecule has 0 heterocycles. The highest BCUT2D eigenvalue weighted by Crippen LogP contribution is 2.12. The van der Waals surface area contributed by atoms with Crippen molar-refractivity contribution in [3.8, 4) is 0 Å². The van der Waals surface area contributed by atoms with Gasteiger partial charge in [-0.2, -0.15) is 0 Å². The van der Waals surface area contributed by atoms with Gasteiger partial charge in [0, 0.05) is 12.6 Å².